The van der Waals surface area contributed by atoms with E-state index >= 15 is 0 Å². The molecule has 1 unspecified atom stereocenters. The highest BCUT2D eigenvalue weighted by Gasteiger charge is 2.50. The molecule has 2 heterocycles. The van der Waals surface area contributed by atoms with Gasteiger partial charge in [0.25, 0.3) is 5.91 Å². The van der Waals surface area contributed by atoms with E-state index in [0.29, 0.717) is 17.5 Å². The van der Waals surface area contributed by atoms with Gasteiger partial charge in [0, 0.05) is 13.1 Å². The van der Waals surface area contributed by atoms with E-state index in [1.54, 1.807) is 24.3 Å². The van der Waals surface area contributed by atoms with E-state index in [1.807, 2.05) is 37.3 Å². The molecule has 1 aromatic heterocycles. The van der Waals surface area contributed by atoms with Gasteiger partial charge in [-0.2, -0.15) is 0 Å². The van der Waals surface area contributed by atoms with E-state index in [4.69, 9.17) is 4.42 Å². The van der Waals surface area contributed by atoms with Crippen LogP contribution in [0.5, 0.6) is 0 Å². The van der Waals surface area contributed by atoms with Gasteiger partial charge in [0.2, 0.25) is 0 Å². The molecule has 1 aliphatic rings. The van der Waals surface area contributed by atoms with Crippen LogP contribution in [-0.4, -0.2) is 28.0 Å². The lowest BCUT2D eigenvalue weighted by molar-refractivity contribution is -0.131. The number of carbonyl (C=O) groups excluding carboxylic acids is 2. The van der Waals surface area contributed by atoms with Crippen molar-refractivity contribution in [2.45, 2.75) is 25.4 Å². The van der Waals surface area contributed by atoms with Crippen molar-refractivity contribution in [3.05, 3.63) is 70.7 Å². The fourth-order valence-corrected chi connectivity index (χ4v) is 3.62. The molecule has 3 amide bonds. The molecule has 1 fully saturated rings. The highest BCUT2D eigenvalue weighted by atomic mass is 16.4. The van der Waals surface area contributed by atoms with E-state index in [2.05, 4.69) is 5.32 Å². The molecule has 0 saturated carbocycles. The molecular formula is C20H19N3O4. The zero-order valence-electron chi connectivity index (χ0n) is 14.8. The number of nitrogens with one attached hydrogen (secondary N) is 1. The van der Waals surface area contributed by atoms with Crippen molar-refractivity contribution < 1.29 is 14.0 Å². The van der Waals surface area contributed by atoms with Crippen molar-refractivity contribution in [2.24, 2.45) is 0 Å². The minimum absolute atomic E-state index is 0.0860. The van der Waals surface area contributed by atoms with E-state index in [1.165, 1.54) is 9.47 Å². The summed E-state index contributed by atoms with van der Waals surface area (Å²) >= 11 is 0. The Hall–Kier alpha value is -3.35. The van der Waals surface area contributed by atoms with Crippen LogP contribution in [0.15, 0.2) is 63.8 Å². The highest BCUT2D eigenvalue weighted by molar-refractivity contribution is 6.07. The third kappa shape index (κ3) is 2.63. The molecule has 3 aromatic rings. The van der Waals surface area contributed by atoms with Gasteiger partial charge in [-0.15, -0.1) is 0 Å². The van der Waals surface area contributed by atoms with Gasteiger partial charge in [0.05, 0.1) is 5.52 Å². The number of aromatic nitrogens is 1. The van der Waals surface area contributed by atoms with Crippen molar-refractivity contribution in [2.75, 3.05) is 6.54 Å². The second-order valence-corrected chi connectivity index (χ2v) is 6.50. The topological polar surface area (TPSA) is 84.6 Å². The monoisotopic (exact) mass is 365 g/mol. The van der Waals surface area contributed by atoms with Gasteiger partial charge in [-0.1, -0.05) is 49.4 Å². The fourth-order valence-electron chi connectivity index (χ4n) is 3.62. The van der Waals surface area contributed by atoms with Gasteiger partial charge in [-0.05, 0) is 24.1 Å². The number of rotatable bonds is 5. The Morgan fingerprint density at radius 2 is 1.67 bits per heavy atom. The smallest absolute Gasteiger partial charge is 0.408 e. The molecule has 0 aliphatic carbocycles. The quantitative estimate of drug-likeness (QED) is 0.704. The number of amides is 3. The molecule has 1 N–H and O–H groups in total. The minimum atomic E-state index is -1.07. The van der Waals surface area contributed by atoms with Crippen molar-refractivity contribution >= 4 is 23.0 Å². The molecule has 1 atom stereocenters. The SMILES string of the molecule is CCC1(c2ccccc2)NC(=O)N(CCn2c(=O)oc3ccccc32)C1=O. The predicted octanol–water partition coefficient (Wildman–Crippen LogP) is 2.45. The molecule has 4 rings (SSSR count). The third-order valence-electron chi connectivity index (χ3n) is 5.09. The zero-order chi connectivity index (χ0) is 19.0. The Morgan fingerprint density at radius 3 is 2.41 bits per heavy atom. The predicted molar refractivity (Wildman–Crippen MR) is 99.1 cm³/mol. The first-order valence-corrected chi connectivity index (χ1v) is 8.85. The highest BCUT2D eigenvalue weighted by Crippen LogP contribution is 2.32. The van der Waals surface area contributed by atoms with Crippen molar-refractivity contribution in [1.29, 1.82) is 0 Å². The summed E-state index contributed by atoms with van der Waals surface area (Å²) in [4.78, 5) is 38.9. The molecule has 0 radical (unpaired) electrons. The van der Waals surface area contributed by atoms with Crippen LogP contribution in [0.25, 0.3) is 11.1 Å². The number of hydrogen-bond donors (Lipinski definition) is 1. The van der Waals surface area contributed by atoms with Crippen LogP contribution in [-0.2, 0) is 16.9 Å². The Balaban J connectivity index is 1.61. The number of hydrogen-bond acceptors (Lipinski definition) is 4. The summed E-state index contributed by atoms with van der Waals surface area (Å²) in [5.74, 6) is -0.810. The molecule has 138 valence electrons. The van der Waals surface area contributed by atoms with E-state index in [0.717, 1.165) is 5.56 Å². The number of urea groups is 1. The second kappa shape index (κ2) is 6.42. The standard InChI is InChI=1S/C20H19N3O4/c1-2-20(14-8-4-3-5-9-14)17(24)23(18(25)21-20)13-12-22-15-10-6-7-11-16(15)27-19(22)26/h3-11H,2,12-13H2,1H3,(H,21,25). The van der Waals surface area contributed by atoms with Crippen molar-refractivity contribution in [3.8, 4) is 0 Å². The second-order valence-electron chi connectivity index (χ2n) is 6.50. The number of carbonyl (C=O) groups is 2. The number of fused-ring (bicyclic) bond motifs is 1. The summed E-state index contributed by atoms with van der Waals surface area (Å²) in [5, 5.41) is 2.84. The van der Waals surface area contributed by atoms with Gasteiger partial charge in [-0.3, -0.25) is 14.3 Å². The molecule has 7 nitrogen and oxygen atoms in total. The molecule has 2 aromatic carbocycles. The number of benzene rings is 2. The summed E-state index contributed by atoms with van der Waals surface area (Å²) in [5.41, 5.74) is 0.799. The van der Waals surface area contributed by atoms with Crippen LogP contribution in [0, 0.1) is 0 Å². The van der Waals surface area contributed by atoms with Gasteiger partial charge >= 0.3 is 11.8 Å². The molecular weight excluding hydrogens is 346 g/mol. The van der Waals surface area contributed by atoms with Crippen LogP contribution < -0.4 is 11.1 Å². The number of oxazole rings is 1. The number of imide groups is 1. The van der Waals surface area contributed by atoms with Gasteiger partial charge in [0.15, 0.2) is 5.58 Å². The first-order valence-electron chi connectivity index (χ1n) is 8.85. The molecule has 0 bridgehead atoms. The Labute approximate surface area is 155 Å². The Kier molecular flexibility index (Phi) is 4.07. The average molecular weight is 365 g/mol. The fraction of sp³-hybridized carbons (Fsp3) is 0.250. The van der Waals surface area contributed by atoms with Crippen molar-refractivity contribution in [3.63, 3.8) is 0 Å². The zero-order valence-corrected chi connectivity index (χ0v) is 14.8. The number of nitrogens with zero attached hydrogens (tertiary/aromatic N) is 2. The first-order chi connectivity index (χ1) is 13.1. The molecule has 1 aliphatic heterocycles. The molecule has 27 heavy (non-hydrogen) atoms. The van der Waals surface area contributed by atoms with Crippen LogP contribution in [0.1, 0.15) is 18.9 Å². The lowest BCUT2D eigenvalue weighted by Crippen LogP contribution is -2.43. The van der Waals surface area contributed by atoms with E-state index in [-0.39, 0.29) is 19.0 Å². The Morgan fingerprint density at radius 1 is 0.963 bits per heavy atom. The first kappa shape index (κ1) is 17.1. The lowest BCUT2D eigenvalue weighted by atomic mass is 9.87. The summed E-state index contributed by atoms with van der Waals surface area (Å²) in [7, 11) is 0. The molecule has 1 saturated heterocycles. The van der Waals surface area contributed by atoms with Crippen LogP contribution >= 0.6 is 0 Å². The van der Waals surface area contributed by atoms with Crippen LogP contribution in [0.2, 0.25) is 0 Å². The largest absolute Gasteiger partial charge is 0.420 e. The maximum atomic E-state index is 13.1. The summed E-state index contributed by atoms with van der Waals surface area (Å²) < 4.78 is 6.64. The maximum Gasteiger partial charge on any atom is 0.420 e. The van der Waals surface area contributed by atoms with Crippen LogP contribution in [0.3, 0.4) is 0 Å². The van der Waals surface area contributed by atoms with Crippen LogP contribution in [0.4, 0.5) is 4.79 Å². The lowest BCUT2D eigenvalue weighted by Gasteiger charge is -2.25. The van der Waals surface area contributed by atoms with E-state index in [9.17, 15) is 14.4 Å². The number of para-hydroxylation sites is 2. The molecule has 0 spiro atoms. The Bertz CT molecular complexity index is 1070. The summed E-state index contributed by atoms with van der Waals surface area (Å²) in [6.45, 7) is 2.12. The van der Waals surface area contributed by atoms with Gasteiger partial charge in [0.1, 0.15) is 5.54 Å². The summed E-state index contributed by atoms with van der Waals surface area (Å²) in [6.07, 6.45) is 0.437. The normalized spacial score (nSPS) is 19.7. The third-order valence-corrected chi connectivity index (χ3v) is 5.09. The van der Waals surface area contributed by atoms with E-state index < -0.39 is 17.3 Å². The summed E-state index contributed by atoms with van der Waals surface area (Å²) in [6, 6.07) is 15.8. The molecule has 7 heteroatoms. The minimum Gasteiger partial charge on any atom is -0.408 e. The van der Waals surface area contributed by atoms with Gasteiger partial charge < -0.3 is 9.73 Å². The van der Waals surface area contributed by atoms with Gasteiger partial charge in [-0.25, -0.2) is 9.59 Å². The van der Waals surface area contributed by atoms with Crippen molar-refractivity contribution in [1.82, 2.24) is 14.8 Å². The average Bonchev–Trinajstić information content (AvgIpc) is 3.14. The maximum absolute atomic E-state index is 13.1.